The largest absolute Gasteiger partial charge is 0.378 e. The Hall–Kier alpha value is -1.69. The molecule has 1 aromatic heterocycles. The summed E-state index contributed by atoms with van der Waals surface area (Å²) in [5, 5.41) is 3.12. The highest BCUT2D eigenvalue weighted by Gasteiger charge is 2.09. The Kier molecular flexibility index (Phi) is 4.68. The van der Waals surface area contributed by atoms with Crippen molar-refractivity contribution in [3.63, 3.8) is 0 Å². The van der Waals surface area contributed by atoms with Gasteiger partial charge in [-0.1, -0.05) is 23.9 Å². The quantitative estimate of drug-likeness (QED) is 0.848. The Labute approximate surface area is 114 Å². The fraction of sp³-hybridized carbons (Fsp3) is 0.231. The maximum atomic E-state index is 12.4. The second-order valence-electron chi connectivity index (χ2n) is 3.82. The molecule has 6 heteroatoms. The Morgan fingerprint density at radius 3 is 2.79 bits per heavy atom. The fourth-order valence-electron chi connectivity index (χ4n) is 1.60. The molecule has 0 atom stereocenters. The average Bonchev–Trinajstić information content (AvgIpc) is 2.37. The third-order valence-electron chi connectivity index (χ3n) is 2.40. The van der Waals surface area contributed by atoms with Gasteiger partial charge in [0.2, 0.25) is 0 Å². The summed E-state index contributed by atoms with van der Waals surface area (Å²) in [6, 6.07) is 8.79. The zero-order chi connectivity index (χ0) is 13.7. The smallest absolute Gasteiger partial charge is 0.288 e. The average molecular weight is 281 g/mol. The summed E-state index contributed by atoms with van der Waals surface area (Å²) in [7, 11) is 0. The van der Waals surface area contributed by atoms with Gasteiger partial charge in [0.1, 0.15) is 5.82 Å². The van der Waals surface area contributed by atoms with Crippen LogP contribution in [0.1, 0.15) is 11.5 Å². The standard InChI is InChI=1S/C13H13F2N3S/c1-9-16-7-6-10(18-9)8-17-11-4-2-3-5-12(11)19-13(14)15/h2-7,13,17H,8H2,1H3. The van der Waals surface area contributed by atoms with Crippen molar-refractivity contribution in [2.45, 2.75) is 24.1 Å². The molecule has 0 unspecified atom stereocenters. The first-order valence-corrected chi connectivity index (χ1v) is 6.59. The monoisotopic (exact) mass is 281 g/mol. The van der Waals surface area contributed by atoms with E-state index >= 15 is 0 Å². The Bertz CT molecular complexity index is 549. The number of nitrogens with one attached hydrogen (secondary N) is 1. The lowest BCUT2D eigenvalue weighted by Crippen LogP contribution is -2.04. The van der Waals surface area contributed by atoms with Gasteiger partial charge in [0.05, 0.1) is 12.2 Å². The minimum atomic E-state index is -2.43. The number of hydrogen-bond donors (Lipinski definition) is 1. The van der Waals surface area contributed by atoms with Gasteiger partial charge in [-0.05, 0) is 25.1 Å². The number of benzene rings is 1. The van der Waals surface area contributed by atoms with E-state index in [1.807, 2.05) is 13.0 Å². The molecular formula is C13H13F2N3S. The number of aryl methyl sites for hydroxylation is 1. The first kappa shape index (κ1) is 13.7. The zero-order valence-corrected chi connectivity index (χ0v) is 11.1. The van der Waals surface area contributed by atoms with E-state index in [2.05, 4.69) is 15.3 Å². The van der Waals surface area contributed by atoms with Crippen LogP contribution >= 0.6 is 11.8 Å². The second kappa shape index (κ2) is 6.47. The third-order valence-corrected chi connectivity index (χ3v) is 3.18. The van der Waals surface area contributed by atoms with Crippen molar-refractivity contribution in [2.24, 2.45) is 0 Å². The summed E-state index contributed by atoms with van der Waals surface area (Å²) < 4.78 is 24.9. The molecule has 0 radical (unpaired) electrons. The van der Waals surface area contributed by atoms with Gasteiger partial charge in [-0.2, -0.15) is 8.78 Å². The van der Waals surface area contributed by atoms with Crippen LogP contribution in [0.3, 0.4) is 0 Å². The van der Waals surface area contributed by atoms with Crippen molar-refractivity contribution in [1.29, 1.82) is 0 Å². The predicted octanol–water partition coefficient (Wildman–Crippen LogP) is 3.71. The van der Waals surface area contributed by atoms with Gasteiger partial charge < -0.3 is 5.32 Å². The summed E-state index contributed by atoms with van der Waals surface area (Å²) in [6.07, 6.45) is 1.68. The Morgan fingerprint density at radius 2 is 2.05 bits per heavy atom. The third kappa shape index (κ3) is 4.17. The molecule has 0 aliphatic heterocycles. The number of rotatable bonds is 5. The molecule has 0 fully saturated rings. The lowest BCUT2D eigenvalue weighted by Gasteiger charge is -2.11. The van der Waals surface area contributed by atoms with Crippen LogP contribution in [-0.2, 0) is 6.54 Å². The van der Waals surface area contributed by atoms with Gasteiger partial charge in [-0.3, -0.25) is 0 Å². The first-order chi connectivity index (χ1) is 9.15. The van der Waals surface area contributed by atoms with E-state index < -0.39 is 5.76 Å². The van der Waals surface area contributed by atoms with Gasteiger partial charge in [-0.15, -0.1) is 0 Å². The van der Waals surface area contributed by atoms with Crippen LogP contribution in [0.25, 0.3) is 0 Å². The van der Waals surface area contributed by atoms with Gasteiger partial charge in [0.15, 0.2) is 0 Å². The van der Waals surface area contributed by atoms with Crippen LogP contribution in [-0.4, -0.2) is 15.7 Å². The lowest BCUT2D eigenvalue weighted by atomic mass is 10.3. The maximum Gasteiger partial charge on any atom is 0.288 e. The summed E-state index contributed by atoms with van der Waals surface area (Å²) in [5.41, 5.74) is 1.51. The van der Waals surface area contributed by atoms with Crippen molar-refractivity contribution in [2.75, 3.05) is 5.32 Å². The summed E-state index contributed by atoms with van der Waals surface area (Å²) in [4.78, 5) is 8.79. The highest BCUT2D eigenvalue weighted by atomic mass is 32.2. The SMILES string of the molecule is Cc1nccc(CNc2ccccc2SC(F)F)n1. The number of alkyl halides is 2. The second-order valence-corrected chi connectivity index (χ2v) is 4.86. The van der Waals surface area contributed by atoms with Crippen molar-refractivity contribution in [3.05, 3.63) is 48.0 Å². The number of halogens is 2. The molecule has 19 heavy (non-hydrogen) atoms. The van der Waals surface area contributed by atoms with Crippen molar-refractivity contribution in [1.82, 2.24) is 9.97 Å². The van der Waals surface area contributed by atoms with Crippen molar-refractivity contribution in [3.8, 4) is 0 Å². The van der Waals surface area contributed by atoms with Crippen molar-refractivity contribution >= 4 is 17.4 Å². The lowest BCUT2D eigenvalue weighted by molar-refractivity contribution is 0.252. The molecule has 1 N–H and O–H groups in total. The highest BCUT2D eigenvalue weighted by Crippen LogP contribution is 2.31. The molecule has 0 amide bonds. The van der Waals surface area contributed by atoms with E-state index in [1.54, 1.807) is 30.5 Å². The van der Waals surface area contributed by atoms with E-state index in [0.717, 1.165) is 5.69 Å². The molecule has 0 spiro atoms. The molecule has 100 valence electrons. The van der Waals surface area contributed by atoms with Gasteiger partial charge >= 0.3 is 0 Å². The molecule has 0 aliphatic rings. The van der Waals surface area contributed by atoms with Gasteiger partial charge in [0, 0.05) is 16.8 Å². The molecule has 0 aliphatic carbocycles. The van der Waals surface area contributed by atoms with Gasteiger partial charge in [-0.25, -0.2) is 9.97 Å². The molecule has 2 aromatic rings. The molecule has 2 rings (SSSR count). The van der Waals surface area contributed by atoms with E-state index in [-0.39, 0.29) is 0 Å². The predicted molar refractivity (Wildman–Crippen MR) is 72.4 cm³/mol. The van der Waals surface area contributed by atoms with Crippen molar-refractivity contribution < 1.29 is 8.78 Å². The topological polar surface area (TPSA) is 37.8 Å². The number of para-hydroxylation sites is 1. The normalized spacial score (nSPS) is 10.7. The molecule has 1 aromatic carbocycles. The van der Waals surface area contributed by atoms with Gasteiger partial charge in [0.25, 0.3) is 5.76 Å². The van der Waals surface area contributed by atoms with E-state index in [0.29, 0.717) is 34.7 Å². The number of aromatic nitrogens is 2. The minimum Gasteiger partial charge on any atom is -0.378 e. The number of hydrogen-bond acceptors (Lipinski definition) is 4. The van der Waals surface area contributed by atoms with E-state index in [1.165, 1.54) is 0 Å². The number of thioether (sulfide) groups is 1. The number of nitrogens with zero attached hydrogens (tertiary/aromatic N) is 2. The van der Waals surface area contributed by atoms with Crippen LogP contribution in [0, 0.1) is 6.92 Å². The van der Waals surface area contributed by atoms with Crippen LogP contribution < -0.4 is 5.32 Å². The first-order valence-electron chi connectivity index (χ1n) is 5.71. The summed E-state index contributed by atoms with van der Waals surface area (Å²) in [6.45, 7) is 2.29. The summed E-state index contributed by atoms with van der Waals surface area (Å²) >= 11 is 0.535. The van der Waals surface area contributed by atoms with Crippen LogP contribution in [0.2, 0.25) is 0 Å². The van der Waals surface area contributed by atoms with E-state index in [9.17, 15) is 8.78 Å². The molecule has 0 saturated heterocycles. The Morgan fingerprint density at radius 1 is 1.26 bits per heavy atom. The summed E-state index contributed by atoms with van der Waals surface area (Å²) in [5.74, 6) is -1.74. The molecular weight excluding hydrogens is 268 g/mol. The molecule has 1 heterocycles. The zero-order valence-electron chi connectivity index (χ0n) is 10.3. The molecule has 0 saturated carbocycles. The van der Waals surface area contributed by atoms with E-state index in [4.69, 9.17) is 0 Å². The molecule has 3 nitrogen and oxygen atoms in total. The maximum absolute atomic E-state index is 12.4. The minimum absolute atomic E-state index is 0.476. The Balaban J connectivity index is 2.07. The fourth-order valence-corrected chi connectivity index (χ4v) is 2.22. The molecule has 0 bridgehead atoms. The number of anilines is 1. The highest BCUT2D eigenvalue weighted by molar-refractivity contribution is 7.99. The van der Waals surface area contributed by atoms with Crippen LogP contribution in [0.15, 0.2) is 41.4 Å². The van der Waals surface area contributed by atoms with Crippen LogP contribution in [0.5, 0.6) is 0 Å². The van der Waals surface area contributed by atoms with Crippen LogP contribution in [0.4, 0.5) is 14.5 Å².